The Balaban J connectivity index is 1.80. The number of nitrogens with one attached hydrogen (secondary N) is 2. The SMILES string of the molecule is Fc1cc(NC(=S)NN(c2ccccc2)c2ccccc2)ccc1Cl. The summed E-state index contributed by atoms with van der Waals surface area (Å²) in [6.07, 6.45) is 0. The molecule has 0 amide bonds. The Morgan fingerprint density at radius 1 is 0.880 bits per heavy atom. The van der Waals surface area contributed by atoms with Crippen LogP contribution in [0.5, 0.6) is 0 Å². The molecule has 0 aliphatic heterocycles. The fourth-order valence-corrected chi connectivity index (χ4v) is 2.59. The van der Waals surface area contributed by atoms with Crippen LogP contribution < -0.4 is 15.8 Å². The zero-order chi connectivity index (χ0) is 17.6. The molecular weight excluding hydrogens is 357 g/mol. The Morgan fingerprint density at radius 3 is 1.96 bits per heavy atom. The molecule has 3 aromatic carbocycles. The maximum Gasteiger partial charge on any atom is 0.190 e. The van der Waals surface area contributed by atoms with Crippen molar-refractivity contribution in [3.05, 3.63) is 89.7 Å². The van der Waals surface area contributed by atoms with Crippen LogP contribution in [-0.4, -0.2) is 5.11 Å². The summed E-state index contributed by atoms with van der Waals surface area (Å²) in [4.78, 5) is 0. The van der Waals surface area contributed by atoms with Gasteiger partial charge in [0.15, 0.2) is 5.11 Å². The van der Waals surface area contributed by atoms with Crippen LogP contribution in [-0.2, 0) is 0 Å². The summed E-state index contributed by atoms with van der Waals surface area (Å²) >= 11 is 11.1. The molecule has 0 radical (unpaired) electrons. The predicted octanol–water partition coefficient (Wildman–Crippen LogP) is 5.52. The highest BCUT2D eigenvalue weighted by Gasteiger charge is 2.11. The Morgan fingerprint density at radius 2 is 1.44 bits per heavy atom. The maximum atomic E-state index is 13.6. The zero-order valence-electron chi connectivity index (χ0n) is 13.1. The number of hydrazine groups is 1. The molecule has 0 atom stereocenters. The quantitative estimate of drug-likeness (QED) is 0.466. The van der Waals surface area contributed by atoms with Gasteiger partial charge in [0.2, 0.25) is 0 Å². The summed E-state index contributed by atoms with van der Waals surface area (Å²) < 4.78 is 13.6. The number of anilines is 3. The molecule has 0 aliphatic carbocycles. The number of para-hydroxylation sites is 2. The van der Waals surface area contributed by atoms with E-state index < -0.39 is 5.82 Å². The van der Waals surface area contributed by atoms with Gasteiger partial charge in [0.1, 0.15) is 5.82 Å². The molecule has 6 heteroatoms. The third-order valence-corrected chi connectivity index (χ3v) is 3.92. The molecule has 0 saturated heterocycles. The fraction of sp³-hybridized carbons (Fsp3) is 0. The van der Waals surface area contributed by atoms with Gasteiger partial charge in [-0.2, -0.15) is 0 Å². The van der Waals surface area contributed by atoms with Gasteiger partial charge in [-0.25, -0.2) is 4.39 Å². The van der Waals surface area contributed by atoms with Crippen LogP contribution in [0, 0.1) is 5.82 Å². The molecule has 0 unspecified atom stereocenters. The topological polar surface area (TPSA) is 27.3 Å². The molecule has 2 N–H and O–H groups in total. The van der Waals surface area contributed by atoms with Crippen molar-refractivity contribution in [2.75, 3.05) is 10.3 Å². The highest BCUT2D eigenvalue weighted by molar-refractivity contribution is 7.80. The van der Waals surface area contributed by atoms with Crippen molar-refractivity contribution < 1.29 is 4.39 Å². The molecule has 0 aromatic heterocycles. The standard InChI is InChI=1S/C19H15ClFN3S/c20-17-12-11-14(13-18(17)21)22-19(25)23-24(15-7-3-1-4-8-15)16-9-5-2-6-10-16/h1-13H,(H2,22,23,25). The van der Waals surface area contributed by atoms with E-state index >= 15 is 0 Å². The summed E-state index contributed by atoms with van der Waals surface area (Å²) in [7, 11) is 0. The van der Waals surface area contributed by atoms with Crippen molar-refractivity contribution >= 4 is 46.0 Å². The molecule has 0 bridgehead atoms. The summed E-state index contributed by atoms with van der Waals surface area (Å²) in [5.41, 5.74) is 5.48. The molecule has 3 rings (SSSR count). The number of halogens is 2. The van der Waals surface area contributed by atoms with E-state index in [0.717, 1.165) is 11.4 Å². The lowest BCUT2D eigenvalue weighted by molar-refractivity contribution is 0.629. The highest BCUT2D eigenvalue weighted by atomic mass is 35.5. The average Bonchev–Trinajstić information content (AvgIpc) is 2.64. The minimum atomic E-state index is -0.502. The number of thiocarbonyl (C=S) groups is 1. The van der Waals surface area contributed by atoms with Gasteiger partial charge in [-0.3, -0.25) is 10.4 Å². The average molecular weight is 372 g/mol. The lowest BCUT2D eigenvalue weighted by atomic mass is 10.2. The molecule has 3 nitrogen and oxygen atoms in total. The first-order chi connectivity index (χ1) is 12.1. The van der Waals surface area contributed by atoms with Gasteiger partial charge in [-0.1, -0.05) is 48.0 Å². The van der Waals surface area contributed by atoms with Crippen LogP contribution in [0.4, 0.5) is 21.5 Å². The van der Waals surface area contributed by atoms with E-state index in [1.165, 1.54) is 12.1 Å². The van der Waals surface area contributed by atoms with E-state index in [1.54, 1.807) is 6.07 Å². The highest BCUT2D eigenvalue weighted by Crippen LogP contribution is 2.23. The zero-order valence-corrected chi connectivity index (χ0v) is 14.7. The minimum Gasteiger partial charge on any atom is -0.331 e. The predicted molar refractivity (Wildman–Crippen MR) is 106 cm³/mol. The lowest BCUT2D eigenvalue weighted by Crippen LogP contribution is -2.41. The van der Waals surface area contributed by atoms with Gasteiger partial charge in [0, 0.05) is 5.69 Å². The molecule has 0 aliphatic rings. The monoisotopic (exact) mass is 371 g/mol. The third-order valence-electron chi connectivity index (χ3n) is 3.42. The molecule has 126 valence electrons. The van der Waals surface area contributed by atoms with E-state index in [-0.39, 0.29) is 5.02 Å². The fourth-order valence-electron chi connectivity index (χ4n) is 2.27. The number of hydrogen-bond acceptors (Lipinski definition) is 2. The first-order valence-electron chi connectivity index (χ1n) is 7.56. The molecule has 3 aromatic rings. The number of rotatable bonds is 4. The minimum absolute atomic E-state index is 0.0691. The van der Waals surface area contributed by atoms with Crippen LogP contribution >= 0.6 is 23.8 Å². The Kier molecular flexibility index (Phi) is 5.48. The van der Waals surface area contributed by atoms with Crippen molar-refractivity contribution in [1.29, 1.82) is 0 Å². The van der Waals surface area contributed by atoms with E-state index in [1.807, 2.05) is 65.7 Å². The van der Waals surface area contributed by atoms with Crippen molar-refractivity contribution in [1.82, 2.24) is 5.43 Å². The van der Waals surface area contributed by atoms with Crippen molar-refractivity contribution in [3.63, 3.8) is 0 Å². The third kappa shape index (κ3) is 4.47. The van der Waals surface area contributed by atoms with Crippen molar-refractivity contribution in [2.45, 2.75) is 0 Å². The number of hydrogen-bond donors (Lipinski definition) is 2. The number of nitrogens with zero attached hydrogens (tertiary/aromatic N) is 1. The Hall–Kier alpha value is -2.63. The van der Waals surface area contributed by atoms with E-state index in [9.17, 15) is 4.39 Å². The summed E-state index contributed by atoms with van der Waals surface area (Å²) in [5.74, 6) is -0.502. The van der Waals surface area contributed by atoms with Gasteiger partial charge >= 0.3 is 0 Å². The van der Waals surface area contributed by atoms with Crippen molar-refractivity contribution in [2.24, 2.45) is 0 Å². The molecule has 0 spiro atoms. The van der Waals surface area contributed by atoms with Gasteiger partial charge in [-0.05, 0) is 54.7 Å². The van der Waals surface area contributed by atoms with Crippen LogP contribution in [0.15, 0.2) is 78.9 Å². The molecule has 0 fully saturated rings. The second-order valence-electron chi connectivity index (χ2n) is 5.20. The van der Waals surface area contributed by atoms with Crippen molar-refractivity contribution in [3.8, 4) is 0 Å². The molecule has 25 heavy (non-hydrogen) atoms. The van der Waals surface area contributed by atoms with Crippen LogP contribution in [0.2, 0.25) is 5.02 Å². The van der Waals surface area contributed by atoms with E-state index in [0.29, 0.717) is 10.8 Å². The maximum absolute atomic E-state index is 13.6. The second kappa shape index (κ2) is 7.96. The summed E-state index contributed by atoms with van der Waals surface area (Å²) in [6, 6.07) is 23.9. The van der Waals surface area contributed by atoms with E-state index in [4.69, 9.17) is 23.8 Å². The molecular formula is C19H15ClFN3S. The Bertz CT molecular complexity index is 820. The smallest absolute Gasteiger partial charge is 0.190 e. The number of benzene rings is 3. The summed E-state index contributed by atoms with van der Waals surface area (Å²) in [6.45, 7) is 0. The van der Waals surface area contributed by atoms with Crippen LogP contribution in [0.1, 0.15) is 0 Å². The second-order valence-corrected chi connectivity index (χ2v) is 6.02. The van der Waals surface area contributed by atoms with Gasteiger partial charge < -0.3 is 5.32 Å². The first kappa shape index (κ1) is 17.2. The summed E-state index contributed by atoms with van der Waals surface area (Å²) in [5, 5.41) is 5.21. The first-order valence-corrected chi connectivity index (χ1v) is 8.35. The van der Waals surface area contributed by atoms with Gasteiger partial charge in [0.25, 0.3) is 0 Å². The Labute approximate surface area is 156 Å². The van der Waals surface area contributed by atoms with Crippen LogP contribution in [0.25, 0.3) is 0 Å². The lowest BCUT2D eigenvalue weighted by Gasteiger charge is -2.27. The van der Waals surface area contributed by atoms with Crippen LogP contribution in [0.3, 0.4) is 0 Å². The largest absolute Gasteiger partial charge is 0.331 e. The van der Waals surface area contributed by atoms with Gasteiger partial charge in [0.05, 0.1) is 16.4 Å². The molecule has 0 heterocycles. The normalized spacial score (nSPS) is 10.2. The van der Waals surface area contributed by atoms with Gasteiger partial charge in [-0.15, -0.1) is 0 Å². The van der Waals surface area contributed by atoms with E-state index in [2.05, 4.69) is 10.7 Å². The molecule has 0 saturated carbocycles.